The molecule has 0 heterocycles. The van der Waals surface area contributed by atoms with Gasteiger partial charge in [0.1, 0.15) is 5.75 Å². The SMILES string of the molecule is Cl.Oc1cccc(CCNCCCC2CCCC2)c1. The standard InChI is InChI=1S/C16H25NO.ClH/c18-16-9-3-7-15(13-16)10-12-17-11-4-8-14-5-1-2-6-14;/h3,7,9,13-14,17-18H,1-2,4-6,8,10-12H2;1H. The number of hydrogen-bond acceptors (Lipinski definition) is 2. The van der Waals surface area contributed by atoms with Crippen LogP contribution < -0.4 is 5.32 Å². The molecule has 0 amide bonds. The van der Waals surface area contributed by atoms with Crippen molar-refractivity contribution < 1.29 is 5.11 Å². The van der Waals surface area contributed by atoms with Crippen molar-refractivity contribution in [2.24, 2.45) is 5.92 Å². The number of phenolic OH excluding ortho intramolecular Hbond substituents is 1. The summed E-state index contributed by atoms with van der Waals surface area (Å²) < 4.78 is 0. The Labute approximate surface area is 123 Å². The minimum Gasteiger partial charge on any atom is -0.508 e. The topological polar surface area (TPSA) is 32.3 Å². The first-order chi connectivity index (χ1) is 8.84. The summed E-state index contributed by atoms with van der Waals surface area (Å²) in [6.45, 7) is 2.14. The number of benzene rings is 1. The van der Waals surface area contributed by atoms with Gasteiger partial charge in [0.25, 0.3) is 0 Å². The lowest BCUT2D eigenvalue weighted by atomic mass is 10.0. The third kappa shape index (κ3) is 6.31. The van der Waals surface area contributed by atoms with Crippen molar-refractivity contribution in [1.29, 1.82) is 0 Å². The zero-order valence-electron chi connectivity index (χ0n) is 11.6. The highest BCUT2D eigenvalue weighted by Gasteiger charge is 2.13. The molecule has 19 heavy (non-hydrogen) atoms. The number of phenols is 1. The van der Waals surface area contributed by atoms with Crippen molar-refractivity contribution in [2.45, 2.75) is 44.9 Å². The lowest BCUT2D eigenvalue weighted by Crippen LogP contribution is -2.19. The van der Waals surface area contributed by atoms with Crippen molar-refractivity contribution in [2.75, 3.05) is 13.1 Å². The van der Waals surface area contributed by atoms with E-state index in [4.69, 9.17) is 0 Å². The summed E-state index contributed by atoms with van der Waals surface area (Å²) in [6.07, 6.45) is 9.54. The van der Waals surface area contributed by atoms with Crippen LogP contribution in [0.2, 0.25) is 0 Å². The molecular weight excluding hydrogens is 258 g/mol. The molecule has 108 valence electrons. The Kier molecular flexibility index (Phi) is 7.92. The van der Waals surface area contributed by atoms with E-state index >= 15 is 0 Å². The molecule has 0 spiro atoms. The van der Waals surface area contributed by atoms with Crippen LogP contribution in [0.25, 0.3) is 0 Å². The van der Waals surface area contributed by atoms with E-state index in [0.717, 1.165) is 25.4 Å². The monoisotopic (exact) mass is 283 g/mol. The van der Waals surface area contributed by atoms with Gasteiger partial charge in [-0.15, -0.1) is 12.4 Å². The molecule has 0 radical (unpaired) electrons. The van der Waals surface area contributed by atoms with Gasteiger partial charge in [-0.25, -0.2) is 0 Å². The molecule has 0 saturated heterocycles. The number of hydrogen-bond donors (Lipinski definition) is 2. The van der Waals surface area contributed by atoms with Crippen molar-refractivity contribution in [3.63, 3.8) is 0 Å². The summed E-state index contributed by atoms with van der Waals surface area (Å²) >= 11 is 0. The number of halogens is 1. The Bertz CT molecular complexity index is 350. The smallest absolute Gasteiger partial charge is 0.115 e. The van der Waals surface area contributed by atoms with Gasteiger partial charge in [-0.1, -0.05) is 37.8 Å². The quantitative estimate of drug-likeness (QED) is 0.744. The van der Waals surface area contributed by atoms with Gasteiger partial charge in [-0.2, -0.15) is 0 Å². The Hall–Kier alpha value is -0.730. The van der Waals surface area contributed by atoms with Gasteiger partial charge in [0.2, 0.25) is 0 Å². The molecule has 0 aliphatic heterocycles. The fourth-order valence-corrected chi connectivity index (χ4v) is 2.88. The first-order valence-electron chi connectivity index (χ1n) is 7.33. The van der Waals surface area contributed by atoms with E-state index in [1.807, 2.05) is 12.1 Å². The summed E-state index contributed by atoms with van der Waals surface area (Å²) in [5.74, 6) is 1.38. The van der Waals surface area contributed by atoms with Crippen LogP contribution in [0.15, 0.2) is 24.3 Å². The molecule has 2 nitrogen and oxygen atoms in total. The number of rotatable bonds is 7. The molecule has 3 heteroatoms. The molecule has 2 rings (SSSR count). The minimum atomic E-state index is 0. The summed E-state index contributed by atoms with van der Waals surface area (Å²) in [6, 6.07) is 7.55. The molecule has 0 atom stereocenters. The van der Waals surface area contributed by atoms with Crippen molar-refractivity contribution in [3.8, 4) is 5.75 Å². The maximum absolute atomic E-state index is 9.35. The fourth-order valence-electron chi connectivity index (χ4n) is 2.88. The minimum absolute atomic E-state index is 0. The molecule has 1 aromatic rings. The first kappa shape index (κ1) is 16.3. The van der Waals surface area contributed by atoms with Crippen LogP contribution >= 0.6 is 12.4 Å². The van der Waals surface area contributed by atoms with Crippen LogP contribution in [0.3, 0.4) is 0 Å². The molecule has 0 aromatic heterocycles. The number of aromatic hydroxyl groups is 1. The predicted molar refractivity (Wildman–Crippen MR) is 83.1 cm³/mol. The van der Waals surface area contributed by atoms with Gasteiger partial charge >= 0.3 is 0 Å². The molecule has 1 saturated carbocycles. The normalized spacial score (nSPS) is 15.4. The van der Waals surface area contributed by atoms with Crippen LogP contribution in [-0.4, -0.2) is 18.2 Å². The maximum atomic E-state index is 9.35. The van der Waals surface area contributed by atoms with Crippen LogP contribution in [-0.2, 0) is 6.42 Å². The first-order valence-corrected chi connectivity index (χ1v) is 7.33. The average molecular weight is 284 g/mol. The van der Waals surface area contributed by atoms with Crippen LogP contribution in [0.4, 0.5) is 0 Å². The van der Waals surface area contributed by atoms with E-state index in [-0.39, 0.29) is 12.4 Å². The van der Waals surface area contributed by atoms with Crippen LogP contribution in [0.1, 0.15) is 44.1 Å². The molecule has 1 aliphatic carbocycles. The van der Waals surface area contributed by atoms with E-state index in [0.29, 0.717) is 5.75 Å². The molecular formula is C16H26ClNO. The molecule has 2 N–H and O–H groups in total. The summed E-state index contributed by atoms with van der Waals surface area (Å²) in [7, 11) is 0. The average Bonchev–Trinajstić information content (AvgIpc) is 2.87. The van der Waals surface area contributed by atoms with Crippen molar-refractivity contribution in [3.05, 3.63) is 29.8 Å². The van der Waals surface area contributed by atoms with Gasteiger partial charge < -0.3 is 10.4 Å². The molecule has 1 aliphatic rings. The van der Waals surface area contributed by atoms with E-state index in [9.17, 15) is 5.11 Å². The fraction of sp³-hybridized carbons (Fsp3) is 0.625. The predicted octanol–water partition coefficient (Wildman–Crippen LogP) is 3.92. The molecule has 1 fully saturated rings. The van der Waals surface area contributed by atoms with E-state index in [1.54, 1.807) is 6.07 Å². The van der Waals surface area contributed by atoms with Gasteiger partial charge in [0.05, 0.1) is 0 Å². The second kappa shape index (κ2) is 9.22. The molecule has 0 bridgehead atoms. The second-order valence-corrected chi connectivity index (χ2v) is 5.46. The van der Waals surface area contributed by atoms with E-state index < -0.39 is 0 Å². The summed E-state index contributed by atoms with van der Waals surface area (Å²) in [5, 5.41) is 12.9. The van der Waals surface area contributed by atoms with Gasteiger partial charge in [-0.05, 0) is 56.0 Å². The highest BCUT2D eigenvalue weighted by molar-refractivity contribution is 5.85. The third-order valence-electron chi connectivity index (χ3n) is 3.94. The lowest BCUT2D eigenvalue weighted by Gasteiger charge is -2.09. The Morgan fingerprint density at radius 3 is 2.68 bits per heavy atom. The van der Waals surface area contributed by atoms with E-state index in [2.05, 4.69) is 11.4 Å². The van der Waals surface area contributed by atoms with Crippen LogP contribution in [0.5, 0.6) is 5.75 Å². The second-order valence-electron chi connectivity index (χ2n) is 5.46. The Morgan fingerprint density at radius 2 is 1.95 bits per heavy atom. The van der Waals surface area contributed by atoms with Crippen LogP contribution in [0, 0.1) is 5.92 Å². The summed E-state index contributed by atoms with van der Waals surface area (Å²) in [5.41, 5.74) is 1.21. The Morgan fingerprint density at radius 1 is 1.16 bits per heavy atom. The van der Waals surface area contributed by atoms with Gasteiger partial charge in [-0.3, -0.25) is 0 Å². The number of nitrogens with one attached hydrogen (secondary N) is 1. The van der Waals surface area contributed by atoms with Crippen molar-refractivity contribution >= 4 is 12.4 Å². The molecule has 0 unspecified atom stereocenters. The zero-order valence-corrected chi connectivity index (χ0v) is 12.4. The lowest BCUT2D eigenvalue weighted by molar-refractivity contribution is 0.469. The maximum Gasteiger partial charge on any atom is 0.115 e. The highest BCUT2D eigenvalue weighted by Crippen LogP contribution is 2.28. The van der Waals surface area contributed by atoms with Gasteiger partial charge in [0, 0.05) is 0 Å². The largest absolute Gasteiger partial charge is 0.508 e. The third-order valence-corrected chi connectivity index (χ3v) is 3.94. The summed E-state index contributed by atoms with van der Waals surface area (Å²) in [4.78, 5) is 0. The molecule has 1 aromatic carbocycles. The van der Waals surface area contributed by atoms with Gasteiger partial charge in [0.15, 0.2) is 0 Å². The van der Waals surface area contributed by atoms with E-state index in [1.165, 1.54) is 44.1 Å². The highest BCUT2D eigenvalue weighted by atomic mass is 35.5. The zero-order chi connectivity index (χ0) is 12.6. The Balaban J connectivity index is 0.00000180. The van der Waals surface area contributed by atoms with Crippen molar-refractivity contribution in [1.82, 2.24) is 5.32 Å².